The number of aryl methyl sites for hydroxylation is 1. The first-order valence-corrected chi connectivity index (χ1v) is 9.35. The van der Waals surface area contributed by atoms with Gasteiger partial charge >= 0.3 is 6.18 Å². The molecule has 1 aliphatic carbocycles. The highest BCUT2D eigenvalue weighted by atomic mass is 19.4. The fourth-order valence-corrected chi connectivity index (χ4v) is 2.93. The summed E-state index contributed by atoms with van der Waals surface area (Å²) >= 11 is 0. The molecule has 3 rings (SSSR count). The Morgan fingerprint density at radius 1 is 1.18 bits per heavy atom. The molecule has 1 fully saturated rings. The van der Waals surface area contributed by atoms with Crippen LogP contribution in [0.4, 0.5) is 13.2 Å². The normalized spacial score (nSPS) is 14.1. The Balaban J connectivity index is 1.79. The molecule has 1 saturated carbocycles. The predicted octanol–water partition coefficient (Wildman–Crippen LogP) is 3.87. The lowest BCUT2D eigenvalue weighted by Gasteiger charge is -2.22. The Morgan fingerprint density at radius 2 is 1.86 bits per heavy atom. The van der Waals surface area contributed by atoms with Crippen molar-refractivity contribution in [2.45, 2.75) is 57.9 Å². The molecule has 0 bridgehead atoms. The lowest BCUT2D eigenvalue weighted by molar-refractivity contribution is -0.137. The van der Waals surface area contributed by atoms with E-state index in [1.54, 1.807) is 4.90 Å². The van der Waals surface area contributed by atoms with Crippen molar-refractivity contribution in [1.82, 2.24) is 14.7 Å². The van der Waals surface area contributed by atoms with Gasteiger partial charge in [-0.15, -0.1) is 0 Å². The highest BCUT2D eigenvalue weighted by Gasteiger charge is 2.34. The number of carbonyl (C=O) groups is 1. The minimum Gasteiger partial charge on any atom is -0.330 e. The Labute approximate surface area is 160 Å². The molecule has 1 aromatic heterocycles. The van der Waals surface area contributed by atoms with Crippen LogP contribution in [0.2, 0.25) is 0 Å². The predicted molar refractivity (Wildman–Crippen MR) is 97.7 cm³/mol. The van der Waals surface area contributed by atoms with E-state index in [9.17, 15) is 22.8 Å². The molecular weight excluding hydrogens is 371 g/mol. The molecule has 1 amide bonds. The average Bonchev–Trinajstić information content (AvgIpc) is 3.49. The van der Waals surface area contributed by atoms with Crippen molar-refractivity contribution in [2.24, 2.45) is 0 Å². The lowest BCUT2D eigenvalue weighted by atomic mass is 10.1. The summed E-state index contributed by atoms with van der Waals surface area (Å²) in [6, 6.07) is 7.62. The number of aromatic nitrogens is 2. The molecule has 0 N–H and O–H groups in total. The van der Waals surface area contributed by atoms with E-state index < -0.39 is 11.7 Å². The van der Waals surface area contributed by atoms with Crippen LogP contribution in [-0.4, -0.2) is 26.6 Å². The van der Waals surface area contributed by atoms with Crippen molar-refractivity contribution in [3.05, 3.63) is 63.6 Å². The lowest BCUT2D eigenvalue weighted by Crippen LogP contribution is -2.35. The zero-order chi connectivity index (χ0) is 20.3. The molecule has 28 heavy (non-hydrogen) atoms. The second-order valence-corrected chi connectivity index (χ2v) is 6.99. The molecule has 0 spiro atoms. The van der Waals surface area contributed by atoms with Crippen molar-refractivity contribution in [1.29, 1.82) is 0 Å². The van der Waals surface area contributed by atoms with E-state index in [4.69, 9.17) is 0 Å². The van der Waals surface area contributed by atoms with Crippen LogP contribution in [-0.2, 0) is 19.3 Å². The van der Waals surface area contributed by atoms with Gasteiger partial charge in [0.2, 0.25) is 0 Å². The maximum absolute atomic E-state index is 13.0. The molecular formula is C20H22F3N3O2. The van der Waals surface area contributed by atoms with E-state index in [1.807, 2.05) is 6.92 Å². The van der Waals surface area contributed by atoms with E-state index in [2.05, 4.69) is 5.10 Å². The van der Waals surface area contributed by atoms with E-state index in [1.165, 1.54) is 28.9 Å². The number of nitrogens with zero attached hydrogens (tertiary/aromatic N) is 3. The van der Waals surface area contributed by atoms with E-state index >= 15 is 0 Å². The van der Waals surface area contributed by atoms with Gasteiger partial charge in [0.05, 0.1) is 5.56 Å². The molecule has 2 aromatic rings. The number of rotatable bonds is 7. The average molecular weight is 393 g/mol. The molecule has 1 heterocycles. The number of alkyl halides is 3. The van der Waals surface area contributed by atoms with Gasteiger partial charge in [-0.25, -0.2) is 4.68 Å². The van der Waals surface area contributed by atoms with E-state index in [0.29, 0.717) is 12.1 Å². The topological polar surface area (TPSA) is 55.2 Å². The molecule has 0 unspecified atom stereocenters. The summed E-state index contributed by atoms with van der Waals surface area (Å²) < 4.78 is 39.5. The van der Waals surface area contributed by atoms with Crippen molar-refractivity contribution in [3.8, 4) is 0 Å². The van der Waals surface area contributed by atoms with Crippen LogP contribution in [0.5, 0.6) is 0 Å². The van der Waals surface area contributed by atoms with Gasteiger partial charge in [0.25, 0.3) is 11.5 Å². The van der Waals surface area contributed by atoms with Gasteiger partial charge in [0, 0.05) is 25.2 Å². The fraction of sp³-hybridized carbons (Fsp3) is 0.450. The van der Waals surface area contributed by atoms with Gasteiger partial charge in [0.15, 0.2) is 0 Å². The Hall–Kier alpha value is -2.64. The largest absolute Gasteiger partial charge is 0.416 e. The third kappa shape index (κ3) is 4.79. The van der Waals surface area contributed by atoms with Gasteiger partial charge in [-0.05, 0) is 43.0 Å². The maximum atomic E-state index is 13.0. The zero-order valence-electron chi connectivity index (χ0n) is 15.6. The number of hydrogen-bond acceptors (Lipinski definition) is 3. The monoisotopic (exact) mass is 393 g/mol. The maximum Gasteiger partial charge on any atom is 0.416 e. The summed E-state index contributed by atoms with van der Waals surface area (Å²) in [7, 11) is 0. The highest BCUT2D eigenvalue weighted by Crippen LogP contribution is 2.31. The Bertz CT molecular complexity index is 887. The molecule has 8 heteroatoms. The smallest absolute Gasteiger partial charge is 0.330 e. The van der Waals surface area contributed by atoms with E-state index in [-0.39, 0.29) is 29.7 Å². The van der Waals surface area contributed by atoms with Crippen molar-refractivity contribution in [2.75, 3.05) is 0 Å². The second kappa shape index (κ2) is 8.16. The molecule has 1 aromatic carbocycles. The summed E-state index contributed by atoms with van der Waals surface area (Å²) in [5, 5.41) is 4.19. The van der Waals surface area contributed by atoms with Crippen LogP contribution in [0.1, 0.15) is 54.2 Å². The first-order valence-electron chi connectivity index (χ1n) is 9.35. The summed E-state index contributed by atoms with van der Waals surface area (Å²) in [6.45, 7) is 2.65. The molecule has 150 valence electrons. The van der Waals surface area contributed by atoms with Crippen molar-refractivity contribution >= 4 is 5.91 Å². The van der Waals surface area contributed by atoms with Crippen LogP contribution in [0.25, 0.3) is 0 Å². The van der Waals surface area contributed by atoms with Crippen LogP contribution < -0.4 is 5.56 Å². The number of halogens is 3. The zero-order valence-corrected chi connectivity index (χ0v) is 15.6. The Kier molecular flexibility index (Phi) is 5.86. The number of unbranched alkanes of at least 4 members (excludes halogenated alkanes) is 1. The minimum atomic E-state index is -4.39. The summed E-state index contributed by atoms with van der Waals surface area (Å²) in [6.07, 6.45) is -1.01. The van der Waals surface area contributed by atoms with E-state index in [0.717, 1.165) is 37.8 Å². The van der Waals surface area contributed by atoms with Crippen LogP contribution in [0.15, 0.2) is 41.2 Å². The van der Waals surface area contributed by atoms with Gasteiger partial charge in [-0.2, -0.15) is 18.3 Å². The van der Waals surface area contributed by atoms with Gasteiger partial charge in [-0.1, -0.05) is 25.5 Å². The molecule has 0 saturated heterocycles. The third-order valence-electron chi connectivity index (χ3n) is 4.69. The second-order valence-electron chi connectivity index (χ2n) is 6.99. The molecule has 0 atom stereocenters. The van der Waals surface area contributed by atoms with Crippen molar-refractivity contribution < 1.29 is 18.0 Å². The molecule has 0 aliphatic heterocycles. The first-order chi connectivity index (χ1) is 13.3. The summed E-state index contributed by atoms with van der Waals surface area (Å²) in [5.74, 6) is -0.312. The molecule has 0 radical (unpaired) electrons. The quantitative estimate of drug-likeness (QED) is 0.718. The van der Waals surface area contributed by atoms with Gasteiger partial charge in [-0.3, -0.25) is 9.59 Å². The molecule has 1 aliphatic rings. The highest BCUT2D eigenvalue weighted by molar-refractivity contribution is 5.92. The number of benzene rings is 1. The van der Waals surface area contributed by atoms with Gasteiger partial charge in [0.1, 0.15) is 5.69 Å². The third-order valence-corrected chi connectivity index (χ3v) is 4.69. The Morgan fingerprint density at radius 3 is 2.43 bits per heavy atom. The first kappa shape index (κ1) is 20.1. The number of amides is 1. The van der Waals surface area contributed by atoms with Crippen molar-refractivity contribution in [3.63, 3.8) is 0 Å². The minimum absolute atomic E-state index is 0.0487. The molecule has 5 nitrogen and oxygen atoms in total. The standard InChI is InChI=1S/C20H22F3N3O2/c1-2-3-12-26-18(27)11-10-17(24-26)19(28)25(16-8-9-16)13-14-4-6-15(7-5-14)20(21,22)23/h4-7,10-11,16H,2-3,8-9,12-13H2,1H3. The number of carbonyl (C=O) groups excluding carboxylic acids is 1. The summed E-state index contributed by atoms with van der Waals surface area (Å²) in [4.78, 5) is 26.5. The fourth-order valence-electron chi connectivity index (χ4n) is 2.93. The van der Waals surface area contributed by atoms with Crippen LogP contribution in [0, 0.1) is 0 Å². The number of hydrogen-bond donors (Lipinski definition) is 0. The van der Waals surface area contributed by atoms with Crippen LogP contribution in [0.3, 0.4) is 0 Å². The summed E-state index contributed by atoms with van der Waals surface area (Å²) in [5.41, 5.74) is -0.182. The SMILES string of the molecule is CCCCn1nc(C(=O)N(Cc2ccc(C(F)(F)F)cc2)C2CC2)ccc1=O. The van der Waals surface area contributed by atoms with Crippen LogP contribution >= 0.6 is 0 Å². The van der Waals surface area contributed by atoms with Gasteiger partial charge < -0.3 is 4.90 Å².